The third-order valence-corrected chi connectivity index (χ3v) is 4.27. The van der Waals surface area contributed by atoms with Crippen LogP contribution in [0.25, 0.3) is 11.3 Å². The summed E-state index contributed by atoms with van der Waals surface area (Å²) in [6.07, 6.45) is 1.92. The van der Waals surface area contributed by atoms with Gasteiger partial charge in [-0.15, -0.1) is 11.3 Å². The zero-order chi connectivity index (χ0) is 16.1. The van der Waals surface area contributed by atoms with E-state index in [4.69, 9.17) is 4.74 Å². The monoisotopic (exact) mass is 331 g/mol. The Balaban J connectivity index is 1.53. The summed E-state index contributed by atoms with van der Waals surface area (Å²) in [6.45, 7) is 1.08. The molecule has 2 aromatic rings. The van der Waals surface area contributed by atoms with Crippen LogP contribution in [0, 0.1) is 0 Å². The van der Waals surface area contributed by atoms with Gasteiger partial charge in [0.25, 0.3) is 0 Å². The second kappa shape index (κ2) is 7.34. The molecule has 1 aromatic carbocycles. The van der Waals surface area contributed by atoms with E-state index in [0.29, 0.717) is 18.3 Å². The Morgan fingerprint density at radius 1 is 1.26 bits per heavy atom. The number of ether oxygens (including phenoxy) is 1. The third-order valence-electron chi connectivity index (χ3n) is 3.51. The first-order valence-corrected chi connectivity index (χ1v) is 8.32. The summed E-state index contributed by atoms with van der Waals surface area (Å²) >= 11 is 1.29. The SMILES string of the molecule is O=C(NC[C@@H]1CCCO1)C(=O)Nc1nc(-c2ccccc2)cs1. The van der Waals surface area contributed by atoms with Crippen molar-refractivity contribution >= 4 is 28.3 Å². The number of anilines is 1. The van der Waals surface area contributed by atoms with Gasteiger partial charge in [-0.2, -0.15) is 0 Å². The number of thiazole rings is 1. The molecule has 6 nitrogen and oxygen atoms in total. The lowest BCUT2D eigenvalue weighted by molar-refractivity contribution is -0.136. The number of carbonyl (C=O) groups is 2. The molecule has 1 aliphatic rings. The van der Waals surface area contributed by atoms with Gasteiger partial charge in [-0.05, 0) is 12.8 Å². The normalized spacial score (nSPS) is 17.0. The summed E-state index contributed by atoms with van der Waals surface area (Å²) in [6, 6.07) is 9.65. The molecule has 0 aliphatic carbocycles. The van der Waals surface area contributed by atoms with Crippen LogP contribution in [-0.4, -0.2) is 36.1 Å². The number of nitrogens with zero attached hydrogens (tertiary/aromatic N) is 1. The minimum absolute atomic E-state index is 0.0105. The maximum Gasteiger partial charge on any atom is 0.315 e. The van der Waals surface area contributed by atoms with Crippen molar-refractivity contribution in [3.63, 3.8) is 0 Å². The molecule has 120 valence electrons. The third kappa shape index (κ3) is 4.14. The first-order chi connectivity index (χ1) is 11.2. The molecule has 0 bridgehead atoms. The molecule has 0 spiro atoms. The second-order valence-electron chi connectivity index (χ2n) is 5.20. The fraction of sp³-hybridized carbons (Fsp3) is 0.312. The van der Waals surface area contributed by atoms with E-state index in [9.17, 15) is 9.59 Å². The quantitative estimate of drug-likeness (QED) is 0.840. The standard InChI is InChI=1S/C16H17N3O3S/c20-14(17-9-12-7-4-8-22-12)15(21)19-16-18-13(10-23-16)11-5-2-1-3-6-11/h1-3,5-6,10,12H,4,7-9H2,(H,17,20)(H,18,19,21)/t12-/m0/s1. The van der Waals surface area contributed by atoms with Crippen LogP contribution in [0.15, 0.2) is 35.7 Å². The molecule has 0 saturated carbocycles. The highest BCUT2D eigenvalue weighted by Crippen LogP contribution is 2.24. The lowest BCUT2D eigenvalue weighted by Gasteiger charge is -2.09. The van der Waals surface area contributed by atoms with Crippen LogP contribution in [0.3, 0.4) is 0 Å². The van der Waals surface area contributed by atoms with Crippen molar-refractivity contribution in [3.8, 4) is 11.3 Å². The Morgan fingerprint density at radius 2 is 2.09 bits per heavy atom. The van der Waals surface area contributed by atoms with Crippen molar-refractivity contribution in [2.24, 2.45) is 0 Å². The Morgan fingerprint density at radius 3 is 2.83 bits per heavy atom. The molecule has 1 aromatic heterocycles. The summed E-state index contributed by atoms with van der Waals surface area (Å²) in [4.78, 5) is 28.0. The van der Waals surface area contributed by atoms with Crippen LogP contribution in [0.5, 0.6) is 0 Å². The predicted molar refractivity (Wildman–Crippen MR) is 88.2 cm³/mol. The van der Waals surface area contributed by atoms with Crippen molar-refractivity contribution in [2.45, 2.75) is 18.9 Å². The molecular formula is C16H17N3O3S. The fourth-order valence-corrected chi connectivity index (χ4v) is 3.03. The van der Waals surface area contributed by atoms with Crippen LogP contribution in [0.2, 0.25) is 0 Å². The molecule has 1 aliphatic heterocycles. The minimum Gasteiger partial charge on any atom is -0.376 e. The first-order valence-electron chi connectivity index (χ1n) is 7.44. The van der Waals surface area contributed by atoms with Gasteiger partial charge in [-0.1, -0.05) is 30.3 Å². The molecule has 1 fully saturated rings. The predicted octanol–water partition coefficient (Wildman–Crippen LogP) is 2.04. The van der Waals surface area contributed by atoms with E-state index in [-0.39, 0.29) is 6.10 Å². The largest absolute Gasteiger partial charge is 0.376 e. The first kappa shape index (κ1) is 15.6. The number of hydrogen-bond acceptors (Lipinski definition) is 5. The highest BCUT2D eigenvalue weighted by molar-refractivity contribution is 7.14. The fourth-order valence-electron chi connectivity index (χ4n) is 2.32. The molecule has 0 unspecified atom stereocenters. The van der Waals surface area contributed by atoms with Gasteiger partial charge in [0, 0.05) is 24.1 Å². The Kier molecular flexibility index (Phi) is 4.99. The molecule has 2 N–H and O–H groups in total. The molecule has 0 radical (unpaired) electrons. The van der Waals surface area contributed by atoms with Crippen molar-refractivity contribution in [3.05, 3.63) is 35.7 Å². The van der Waals surface area contributed by atoms with Crippen LogP contribution >= 0.6 is 11.3 Å². The van der Waals surface area contributed by atoms with Crippen molar-refractivity contribution in [1.82, 2.24) is 10.3 Å². The molecule has 2 heterocycles. The Hall–Kier alpha value is -2.25. The topological polar surface area (TPSA) is 80.3 Å². The zero-order valence-electron chi connectivity index (χ0n) is 12.5. The summed E-state index contributed by atoms with van der Waals surface area (Å²) in [5.41, 5.74) is 1.73. The number of rotatable bonds is 4. The van der Waals surface area contributed by atoms with Crippen LogP contribution in [-0.2, 0) is 14.3 Å². The van der Waals surface area contributed by atoms with Gasteiger partial charge in [0.15, 0.2) is 5.13 Å². The number of nitrogens with one attached hydrogen (secondary N) is 2. The van der Waals surface area contributed by atoms with Crippen molar-refractivity contribution in [1.29, 1.82) is 0 Å². The Bertz CT molecular complexity index is 681. The van der Waals surface area contributed by atoms with E-state index in [0.717, 1.165) is 24.1 Å². The zero-order valence-corrected chi connectivity index (χ0v) is 13.3. The van der Waals surface area contributed by atoms with E-state index < -0.39 is 11.8 Å². The van der Waals surface area contributed by atoms with E-state index in [1.165, 1.54) is 11.3 Å². The van der Waals surface area contributed by atoms with Gasteiger partial charge in [0.05, 0.1) is 11.8 Å². The van der Waals surface area contributed by atoms with Crippen molar-refractivity contribution in [2.75, 3.05) is 18.5 Å². The lowest BCUT2D eigenvalue weighted by Crippen LogP contribution is -2.39. The van der Waals surface area contributed by atoms with Crippen molar-refractivity contribution < 1.29 is 14.3 Å². The number of carbonyl (C=O) groups excluding carboxylic acids is 2. The summed E-state index contributed by atoms with van der Waals surface area (Å²) < 4.78 is 5.40. The summed E-state index contributed by atoms with van der Waals surface area (Å²) in [7, 11) is 0. The smallest absolute Gasteiger partial charge is 0.315 e. The van der Waals surface area contributed by atoms with E-state index >= 15 is 0 Å². The highest BCUT2D eigenvalue weighted by atomic mass is 32.1. The minimum atomic E-state index is -0.711. The van der Waals surface area contributed by atoms with Gasteiger partial charge in [-0.25, -0.2) is 4.98 Å². The molecule has 1 saturated heterocycles. The number of aromatic nitrogens is 1. The van der Waals surface area contributed by atoms with E-state index in [1.54, 1.807) is 0 Å². The van der Waals surface area contributed by atoms with Crippen LogP contribution < -0.4 is 10.6 Å². The average molecular weight is 331 g/mol. The van der Waals surface area contributed by atoms with Gasteiger partial charge in [0.1, 0.15) is 0 Å². The van der Waals surface area contributed by atoms with Crippen LogP contribution in [0.1, 0.15) is 12.8 Å². The maximum absolute atomic E-state index is 11.9. The molecule has 23 heavy (non-hydrogen) atoms. The summed E-state index contributed by atoms with van der Waals surface area (Å²) in [5, 5.41) is 7.35. The summed E-state index contributed by atoms with van der Waals surface area (Å²) in [5.74, 6) is -1.38. The molecular weight excluding hydrogens is 314 g/mol. The molecule has 1 atom stereocenters. The van der Waals surface area contributed by atoms with E-state index in [2.05, 4.69) is 15.6 Å². The van der Waals surface area contributed by atoms with E-state index in [1.807, 2.05) is 35.7 Å². The maximum atomic E-state index is 11.9. The van der Waals surface area contributed by atoms with Gasteiger partial charge in [-0.3, -0.25) is 14.9 Å². The van der Waals surface area contributed by atoms with Gasteiger partial charge in [0.2, 0.25) is 0 Å². The average Bonchev–Trinajstić information content (AvgIpc) is 3.25. The molecule has 7 heteroatoms. The van der Waals surface area contributed by atoms with Gasteiger partial charge >= 0.3 is 11.8 Å². The Labute approximate surface area is 137 Å². The number of benzene rings is 1. The second-order valence-corrected chi connectivity index (χ2v) is 6.06. The number of amides is 2. The molecule has 2 amide bonds. The number of hydrogen-bond donors (Lipinski definition) is 2. The highest BCUT2D eigenvalue weighted by Gasteiger charge is 2.20. The van der Waals surface area contributed by atoms with Crippen LogP contribution in [0.4, 0.5) is 5.13 Å². The lowest BCUT2D eigenvalue weighted by atomic mass is 10.2. The molecule has 3 rings (SSSR count). The van der Waals surface area contributed by atoms with Gasteiger partial charge < -0.3 is 10.1 Å².